The first kappa shape index (κ1) is 28.2. The molecule has 0 radical (unpaired) electrons. The van der Waals surface area contributed by atoms with E-state index in [-0.39, 0.29) is 22.4 Å². The molecular weight excluding hydrogens is 476 g/mol. The maximum atomic E-state index is 11.7. The second kappa shape index (κ2) is 15.0. The molecule has 1 aliphatic heterocycles. The van der Waals surface area contributed by atoms with E-state index in [9.17, 15) is 14.7 Å². The van der Waals surface area contributed by atoms with Crippen molar-refractivity contribution in [1.29, 1.82) is 0 Å². The SMILES string of the molecule is CCCC(CCOCC(O)CNC(C)COc1ccc(CC2SC(=O)NC2=O)cc1)c1ccccc1. The number of amides is 2. The Kier molecular flexibility index (Phi) is 11.7. The van der Waals surface area contributed by atoms with Crippen LogP contribution in [0.3, 0.4) is 0 Å². The van der Waals surface area contributed by atoms with Crippen molar-refractivity contribution < 1.29 is 24.2 Å². The molecule has 2 aromatic carbocycles. The molecule has 196 valence electrons. The molecule has 3 N–H and O–H groups in total. The lowest BCUT2D eigenvalue weighted by molar-refractivity contribution is -0.118. The van der Waals surface area contributed by atoms with Crippen molar-refractivity contribution in [3.63, 3.8) is 0 Å². The van der Waals surface area contributed by atoms with Crippen LogP contribution in [0.4, 0.5) is 4.79 Å². The van der Waals surface area contributed by atoms with Crippen LogP contribution in [0, 0.1) is 0 Å². The maximum absolute atomic E-state index is 11.7. The van der Waals surface area contributed by atoms with Crippen LogP contribution in [0.15, 0.2) is 54.6 Å². The van der Waals surface area contributed by atoms with Crippen molar-refractivity contribution in [2.24, 2.45) is 0 Å². The summed E-state index contributed by atoms with van der Waals surface area (Å²) < 4.78 is 11.6. The van der Waals surface area contributed by atoms with Crippen LogP contribution in [0.2, 0.25) is 0 Å². The lowest BCUT2D eigenvalue weighted by Gasteiger charge is -2.19. The minimum absolute atomic E-state index is 0.0518. The minimum atomic E-state index is -0.578. The molecule has 1 heterocycles. The molecule has 4 unspecified atom stereocenters. The third-order valence-corrected chi connectivity index (χ3v) is 7.12. The highest BCUT2D eigenvalue weighted by Crippen LogP contribution is 2.25. The third-order valence-electron chi connectivity index (χ3n) is 6.14. The normalized spacial score (nSPS) is 18.0. The zero-order valence-corrected chi connectivity index (χ0v) is 22.0. The molecule has 8 heteroatoms. The maximum Gasteiger partial charge on any atom is 0.286 e. The molecule has 0 spiro atoms. The average molecular weight is 515 g/mol. The number of benzene rings is 2. The van der Waals surface area contributed by atoms with Gasteiger partial charge in [0.2, 0.25) is 5.91 Å². The molecule has 0 bridgehead atoms. The summed E-state index contributed by atoms with van der Waals surface area (Å²) in [7, 11) is 0. The monoisotopic (exact) mass is 514 g/mol. The van der Waals surface area contributed by atoms with E-state index in [1.807, 2.05) is 37.3 Å². The van der Waals surface area contributed by atoms with Crippen molar-refractivity contribution >= 4 is 22.9 Å². The summed E-state index contributed by atoms with van der Waals surface area (Å²) in [6.45, 7) is 6.03. The quantitative estimate of drug-likeness (QED) is 0.288. The van der Waals surface area contributed by atoms with Gasteiger partial charge in [-0.2, -0.15) is 0 Å². The molecule has 2 amide bonds. The minimum Gasteiger partial charge on any atom is -0.492 e. The summed E-state index contributed by atoms with van der Waals surface area (Å²) in [5.74, 6) is 0.990. The van der Waals surface area contributed by atoms with E-state index >= 15 is 0 Å². The first-order valence-electron chi connectivity index (χ1n) is 12.7. The van der Waals surface area contributed by atoms with Crippen LogP contribution < -0.4 is 15.4 Å². The molecule has 1 saturated heterocycles. The van der Waals surface area contributed by atoms with Gasteiger partial charge < -0.3 is 19.9 Å². The highest BCUT2D eigenvalue weighted by Gasteiger charge is 2.31. The van der Waals surface area contributed by atoms with E-state index < -0.39 is 6.10 Å². The molecule has 4 atom stereocenters. The Morgan fingerprint density at radius 3 is 2.47 bits per heavy atom. The van der Waals surface area contributed by atoms with Crippen LogP contribution in [0.25, 0.3) is 0 Å². The fourth-order valence-corrected chi connectivity index (χ4v) is 5.00. The van der Waals surface area contributed by atoms with Crippen molar-refractivity contribution in [2.45, 2.75) is 62.8 Å². The number of nitrogens with one attached hydrogen (secondary N) is 2. The number of aliphatic hydroxyl groups excluding tert-OH is 1. The Morgan fingerprint density at radius 2 is 1.81 bits per heavy atom. The van der Waals surface area contributed by atoms with Crippen molar-refractivity contribution in [3.05, 3.63) is 65.7 Å². The van der Waals surface area contributed by atoms with Gasteiger partial charge in [-0.3, -0.25) is 14.9 Å². The molecule has 0 aromatic heterocycles. The number of rotatable bonds is 16. The number of hydrogen-bond donors (Lipinski definition) is 3. The first-order valence-corrected chi connectivity index (χ1v) is 13.6. The van der Waals surface area contributed by atoms with E-state index in [1.165, 1.54) is 5.56 Å². The summed E-state index contributed by atoms with van der Waals surface area (Å²) in [5.41, 5.74) is 2.33. The summed E-state index contributed by atoms with van der Waals surface area (Å²) in [4.78, 5) is 23.0. The largest absolute Gasteiger partial charge is 0.492 e. The number of imide groups is 1. The van der Waals surface area contributed by atoms with E-state index in [0.717, 1.165) is 42.3 Å². The summed E-state index contributed by atoms with van der Waals surface area (Å²) in [6, 6.07) is 18.2. The Bertz CT molecular complexity index is 941. The Balaban J connectivity index is 1.28. The highest BCUT2D eigenvalue weighted by molar-refractivity contribution is 8.15. The number of aliphatic hydroxyl groups is 1. The van der Waals surface area contributed by atoms with Crippen LogP contribution in [0.5, 0.6) is 5.75 Å². The number of thioether (sulfide) groups is 1. The fraction of sp³-hybridized carbons (Fsp3) is 0.500. The molecule has 1 aliphatic rings. The first-order chi connectivity index (χ1) is 17.4. The van der Waals surface area contributed by atoms with Crippen molar-refractivity contribution in [1.82, 2.24) is 10.6 Å². The number of hydrogen-bond acceptors (Lipinski definition) is 7. The van der Waals surface area contributed by atoms with Crippen LogP contribution in [0.1, 0.15) is 50.2 Å². The van der Waals surface area contributed by atoms with Gasteiger partial charge in [-0.1, -0.05) is 67.6 Å². The average Bonchev–Trinajstić information content (AvgIpc) is 3.20. The Morgan fingerprint density at radius 1 is 1.06 bits per heavy atom. The zero-order chi connectivity index (χ0) is 25.8. The van der Waals surface area contributed by atoms with E-state index in [0.29, 0.717) is 38.7 Å². The van der Waals surface area contributed by atoms with Crippen LogP contribution in [-0.2, 0) is 16.0 Å². The highest BCUT2D eigenvalue weighted by atomic mass is 32.2. The van der Waals surface area contributed by atoms with Crippen LogP contribution >= 0.6 is 11.8 Å². The van der Waals surface area contributed by atoms with Gasteiger partial charge in [0.1, 0.15) is 12.4 Å². The second-order valence-electron chi connectivity index (χ2n) is 9.27. The Labute approximate surface area is 218 Å². The molecule has 36 heavy (non-hydrogen) atoms. The molecule has 0 aliphatic carbocycles. The van der Waals surface area contributed by atoms with Gasteiger partial charge in [-0.25, -0.2) is 0 Å². The predicted octanol–water partition coefficient (Wildman–Crippen LogP) is 4.29. The van der Waals surface area contributed by atoms with Gasteiger partial charge in [0, 0.05) is 19.2 Å². The predicted molar refractivity (Wildman–Crippen MR) is 144 cm³/mol. The van der Waals surface area contributed by atoms with Crippen molar-refractivity contribution in [3.8, 4) is 5.75 Å². The van der Waals surface area contributed by atoms with Crippen LogP contribution in [-0.4, -0.2) is 60.0 Å². The van der Waals surface area contributed by atoms with Gasteiger partial charge in [0.05, 0.1) is 18.0 Å². The van der Waals surface area contributed by atoms with Crippen molar-refractivity contribution in [2.75, 3.05) is 26.4 Å². The summed E-state index contributed by atoms with van der Waals surface area (Å²) in [5, 5.41) is 15.2. The standard InChI is InChI=1S/C28H38N2O5S/c1-3-7-22(23-8-5-4-6-9-23)14-15-34-19-24(31)17-29-20(2)18-35-25-12-10-21(11-13-25)16-26-27(32)30-28(33)36-26/h4-6,8-13,20,22,24,26,29,31H,3,7,14-19H2,1-2H3,(H,30,32,33). The van der Waals surface area contributed by atoms with Gasteiger partial charge in [-0.05, 0) is 55.4 Å². The van der Waals surface area contributed by atoms with Gasteiger partial charge in [-0.15, -0.1) is 0 Å². The lowest BCUT2D eigenvalue weighted by Crippen LogP contribution is -2.39. The molecule has 3 rings (SSSR count). The third kappa shape index (κ3) is 9.58. The molecule has 2 aromatic rings. The zero-order valence-electron chi connectivity index (χ0n) is 21.2. The number of carbonyl (C=O) groups excluding carboxylic acids is 2. The molecule has 7 nitrogen and oxygen atoms in total. The molecular formula is C28H38N2O5S. The lowest BCUT2D eigenvalue weighted by atomic mass is 9.92. The Hall–Kier alpha value is -2.39. The smallest absolute Gasteiger partial charge is 0.286 e. The second-order valence-corrected chi connectivity index (χ2v) is 10.4. The molecule has 0 saturated carbocycles. The van der Waals surface area contributed by atoms with E-state index in [1.54, 1.807) is 0 Å². The topological polar surface area (TPSA) is 96.9 Å². The van der Waals surface area contributed by atoms with E-state index in [4.69, 9.17) is 9.47 Å². The number of carbonyl (C=O) groups is 2. The summed E-state index contributed by atoms with van der Waals surface area (Å²) >= 11 is 1.03. The van der Waals surface area contributed by atoms with E-state index in [2.05, 4.69) is 41.8 Å². The number of ether oxygens (including phenoxy) is 2. The molecule has 1 fully saturated rings. The summed E-state index contributed by atoms with van der Waals surface area (Å²) in [6.07, 6.45) is 3.15. The van der Waals surface area contributed by atoms with Gasteiger partial charge >= 0.3 is 0 Å². The fourth-order valence-electron chi connectivity index (χ4n) is 4.14. The van der Waals surface area contributed by atoms with Gasteiger partial charge in [0.25, 0.3) is 5.24 Å². The van der Waals surface area contributed by atoms with Gasteiger partial charge in [0.15, 0.2) is 0 Å².